The van der Waals surface area contributed by atoms with Crippen LogP contribution in [0.1, 0.15) is 19.5 Å². The molecule has 2 rings (SSSR count). The quantitative estimate of drug-likeness (QED) is 0.872. The van der Waals surface area contributed by atoms with E-state index in [1.807, 2.05) is 18.4 Å². The predicted molar refractivity (Wildman–Crippen MR) is 81.5 cm³/mol. The molecular weight excluding hydrogens is 282 g/mol. The van der Waals surface area contributed by atoms with E-state index in [-0.39, 0.29) is 0 Å². The highest BCUT2D eigenvalue weighted by molar-refractivity contribution is 7.13. The molecule has 2 heterocycles. The molecule has 19 heavy (non-hydrogen) atoms. The molecule has 1 fully saturated rings. The van der Waals surface area contributed by atoms with Gasteiger partial charge in [-0.3, -0.25) is 0 Å². The first-order chi connectivity index (χ1) is 9.13. The maximum Gasteiger partial charge on any atom is 0.186 e. The first-order valence-electron chi connectivity index (χ1n) is 6.20. The van der Waals surface area contributed by atoms with Crippen molar-refractivity contribution >= 4 is 33.6 Å². The van der Waals surface area contributed by atoms with E-state index < -0.39 is 0 Å². The molecule has 1 aromatic rings. The lowest BCUT2D eigenvalue weighted by atomic mass is 10.1. The average molecular weight is 300 g/mol. The lowest BCUT2D eigenvalue weighted by molar-refractivity contribution is 0.122. The number of halogens is 1. The Morgan fingerprint density at radius 1 is 1.53 bits per heavy atom. The third-order valence-corrected chi connectivity index (χ3v) is 4.10. The van der Waals surface area contributed by atoms with Gasteiger partial charge in [0.05, 0.1) is 24.6 Å². The molecule has 1 aromatic heterocycles. The fourth-order valence-corrected chi connectivity index (χ4v) is 2.90. The smallest absolute Gasteiger partial charge is 0.186 e. The zero-order valence-corrected chi connectivity index (χ0v) is 12.7. The van der Waals surface area contributed by atoms with Gasteiger partial charge < -0.3 is 15.4 Å². The molecule has 1 aliphatic heterocycles. The molecule has 0 atom stereocenters. The van der Waals surface area contributed by atoms with Gasteiger partial charge in [-0.25, -0.2) is 4.98 Å². The van der Waals surface area contributed by atoms with E-state index in [2.05, 4.69) is 9.88 Å². The summed E-state index contributed by atoms with van der Waals surface area (Å²) in [7, 11) is 0. The minimum atomic E-state index is 0.586. The fraction of sp³-hybridized carbons (Fsp3) is 0.462. The monoisotopic (exact) mass is 299 g/mol. The third kappa shape index (κ3) is 3.29. The van der Waals surface area contributed by atoms with Gasteiger partial charge in [0.15, 0.2) is 5.13 Å². The summed E-state index contributed by atoms with van der Waals surface area (Å²) >= 11 is 7.60. The number of nitrogens with zero attached hydrogens (tertiary/aromatic N) is 2. The number of rotatable bonds is 3. The van der Waals surface area contributed by atoms with E-state index in [9.17, 15) is 0 Å². The molecule has 0 spiro atoms. The summed E-state index contributed by atoms with van der Waals surface area (Å²) in [6.45, 7) is 7.02. The Kier molecular flexibility index (Phi) is 4.85. The van der Waals surface area contributed by atoms with Crippen molar-refractivity contribution in [3.63, 3.8) is 0 Å². The van der Waals surface area contributed by atoms with Crippen LogP contribution < -0.4 is 10.6 Å². The number of nitrogens with two attached hydrogens (primary N) is 1. The predicted octanol–water partition coefficient (Wildman–Crippen LogP) is 2.81. The largest absolute Gasteiger partial charge is 0.397 e. The summed E-state index contributed by atoms with van der Waals surface area (Å²) in [5.74, 6) is 0. The van der Waals surface area contributed by atoms with Crippen LogP contribution in [0.25, 0.3) is 5.57 Å². The molecule has 4 nitrogen and oxygen atoms in total. The summed E-state index contributed by atoms with van der Waals surface area (Å²) < 4.78 is 5.35. The molecule has 0 saturated carbocycles. The second-order valence-corrected chi connectivity index (χ2v) is 5.67. The lowest BCUT2D eigenvalue weighted by Gasteiger charge is -2.26. The lowest BCUT2D eigenvalue weighted by Crippen LogP contribution is -2.36. The molecule has 6 heteroatoms. The molecule has 0 amide bonds. The molecule has 2 N–H and O–H groups in total. The van der Waals surface area contributed by atoms with Crippen LogP contribution in [0.5, 0.6) is 0 Å². The molecule has 0 aromatic carbocycles. The van der Waals surface area contributed by atoms with Gasteiger partial charge in [-0.2, -0.15) is 0 Å². The van der Waals surface area contributed by atoms with Crippen LogP contribution in [-0.4, -0.2) is 31.3 Å². The summed E-state index contributed by atoms with van der Waals surface area (Å²) in [6.07, 6.45) is 1.94. The molecule has 0 aliphatic carbocycles. The maximum absolute atomic E-state index is 6.00. The number of hydrogen-bond donors (Lipinski definition) is 1. The second kappa shape index (κ2) is 6.41. The van der Waals surface area contributed by atoms with Crippen molar-refractivity contribution in [2.75, 3.05) is 31.2 Å². The molecule has 104 valence electrons. The van der Waals surface area contributed by atoms with Crippen LogP contribution in [0.2, 0.25) is 0 Å². The van der Waals surface area contributed by atoms with Gasteiger partial charge in [0, 0.05) is 29.1 Å². The molecular formula is C13H18ClN3OS. The minimum Gasteiger partial charge on any atom is -0.397 e. The highest BCUT2D eigenvalue weighted by Crippen LogP contribution is 2.29. The van der Waals surface area contributed by atoms with Crippen LogP contribution in [0, 0.1) is 0 Å². The summed E-state index contributed by atoms with van der Waals surface area (Å²) in [6, 6.07) is 0. The SMILES string of the molecule is C/C=C(\C(N)=C(/C)Cl)c1csc(N2CCOCC2)n1. The third-order valence-electron chi connectivity index (χ3n) is 3.00. The van der Waals surface area contributed by atoms with Crippen molar-refractivity contribution in [1.29, 1.82) is 0 Å². The van der Waals surface area contributed by atoms with Gasteiger partial charge in [-0.05, 0) is 13.8 Å². The van der Waals surface area contributed by atoms with Gasteiger partial charge in [0.2, 0.25) is 0 Å². The molecule has 0 bridgehead atoms. The number of allylic oxidation sites excluding steroid dienone is 3. The van der Waals surface area contributed by atoms with Crippen molar-refractivity contribution in [3.8, 4) is 0 Å². The number of morpholine rings is 1. The standard InChI is InChI=1S/C13H18ClN3OS/c1-3-10(12(15)9(2)14)11-8-19-13(16-11)17-4-6-18-7-5-17/h3,8H,4-7,15H2,1-2H3/b10-3-,12-9-. The Hall–Kier alpha value is -1.04. The van der Waals surface area contributed by atoms with E-state index in [1.165, 1.54) is 0 Å². The van der Waals surface area contributed by atoms with Crippen molar-refractivity contribution in [1.82, 2.24) is 4.98 Å². The van der Waals surface area contributed by atoms with E-state index >= 15 is 0 Å². The minimum absolute atomic E-state index is 0.586. The van der Waals surface area contributed by atoms with Crippen LogP contribution in [0.4, 0.5) is 5.13 Å². The first kappa shape index (κ1) is 14.4. The Labute approximate surface area is 122 Å². The van der Waals surface area contributed by atoms with E-state index in [0.29, 0.717) is 10.7 Å². The number of thiazole rings is 1. The Morgan fingerprint density at radius 3 is 2.79 bits per heavy atom. The second-order valence-electron chi connectivity index (χ2n) is 4.26. The Balaban J connectivity index is 2.22. The average Bonchev–Trinajstić information content (AvgIpc) is 2.90. The van der Waals surface area contributed by atoms with Crippen LogP contribution in [0.3, 0.4) is 0 Å². The molecule has 0 unspecified atom stereocenters. The zero-order valence-electron chi connectivity index (χ0n) is 11.1. The molecule has 0 radical (unpaired) electrons. The number of anilines is 1. The van der Waals surface area contributed by atoms with Crippen molar-refractivity contribution in [2.24, 2.45) is 5.73 Å². The fourth-order valence-electron chi connectivity index (χ4n) is 1.91. The van der Waals surface area contributed by atoms with Crippen LogP contribution >= 0.6 is 22.9 Å². The number of ether oxygens (including phenoxy) is 1. The Morgan fingerprint density at radius 2 is 2.21 bits per heavy atom. The van der Waals surface area contributed by atoms with Crippen LogP contribution in [-0.2, 0) is 4.74 Å². The van der Waals surface area contributed by atoms with Crippen molar-refractivity contribution in [3.05, 3.63) is 27.9 Å². The molecule has 1 aliphatic rings. The summed E-state index contributed by atoms with van der Waals surface area (Å²) in [4.78, 5) is 6.89. The summed E-state index contributed by atoms with van der Waals surface area (Å²) in [5, 5.41) is 3.62. The number of aromatic nitrogens is 1. The van der Waals surface area contributed by atoms with Gasteiger partial charge in [-0.15, -0.1) is 11.3 Å². The van der Waals surface area contributed by atoms with Gasteiger partial charge in [0.1, 0.15) is 0 Å². The van der Waals surface area contributed by atoms with Gasteiger partial charge >= 0.3 is 0 Å². The van der Waals surface area contributed by atoms with Crippen molar-refractivity contribution < 1.29 is 4.74 Å². The molecule has 1 saturated heterocycles. The van der Waals surface area contributed by atoms with E-state index in [4.69, 9.17) is 22.1 Å². The van der Waals surface area contributed by atoms with Crippen molar-refractivity contribution in [2.45, 2.75) is 13.8 Å². The Bertz CT molecular complexity index is 500. The number of hydrogen-bond acceptors (Lipinski definition) is 5. The summed E-state index contributed by atoms with van der Waals surface area (Å²) in [5.41, 5.74) is 8.36. The van der Waals surface area contributed by atoms with Gasteiger partial charge in [0.25, 0.3) is 0 Å². The zero-order chi connectivity index (χ0) is 13.8. The normalized spacial score (nSPS) is 18.5. The highest BCUT2D eigenvalue weighted by atomic mass is 35.5. The van der Waals surface area contributed by atoms with Gasteiger partial charge in [-0.1, -0.05) is 17.7 Å². The van der Waals surface area contributed by atoms with E-state index in [1.54, 1.807) is 18.3 Å². The van der Waals surface area contributed by atoms with E-state index in [0.717, 1.165) is 42.7 Å². The van der Waals surface area contributed by atoms with Crippen LogP contribution in [0.15, 0.2) is 22.2 Å². The first-order valence-corrected chi connectivity index (χ1v) is 7.46. The topological polar surface area (TPSA) is 51.4 Å². The highest BCUT2D eigenvalue weighted by Gasteiger charge is 2.16. The maximum atomic E-state index is 6.00.